The molecule has 2 heteroatoms. The molecule has 6 heavy (non-hydrogen) atoms. The lowest BCUT2D eigenvalue weighted by Crippen LogP contribution is -1.56. The summed E-state index contributed by atoms with van der Waals surface area (Å²) in [6, 6.07) is 0. The minimum Gasteiger partial charge on any atom is -0.365 e. The molecule has 1 nitrogen and oxygen atoms in total. The van der Waals surface area contributed by atoms with E-state index < -0.39 is 0 Å². The van der Waals surface area contributed by atoms with Crippen molar-refractivity contribution in [1.29, 1.82) is 0 Å². The van der Waals surface area contributed by atoms with Gasteiger partial charge in [0, 0.05) is 0 Å². The zero-order chi connectivity index (χ0) is 4.41. The van der Waals surface area contributed by atoms with Crippen molar-refractivity contribution in [2.75, 3.05) is 0 Å². The van der Waals surface area contributed by atoms with E-state index in [-0.39, 0.29) is 0 Å². The van der Waals surface area contributed by atoms with Crippen LogP contribution >= 0.6 is 11.3 Å². The van der Waals surface area contributed by atoms with E-state index in [2.05, 4.69) is 10.4 Å². The van der Waals surface area contributed by atoms with Crippen LogP contribution in [-0.2, 0) is 0 Å². The fraction of sp³-hybridized carbons (Fsp3) is 0.250. The fourth-order valence-corrected chi connectivity index (χ4v) is 0.637. The SMILES string of the molecule is Cc1nc[c-]s1. The van der Waals surface area contributed by atoms with Crippen LogP contribution in [0.2, 0.25) is 0 Å². The molecule has 1 rings (SSSR count). The molecule has 0 fully saturated rings. The lowest BCUT2D eigenvalue weighted by molar-refractivity contribution is 1.30. The number of aryl methyl sites for hydroxylation is 1. The van der Waals surface area contributed by atoms with Crippen LogP contribution in [0, 0.1) is 12.3 Å². The molecular weight excluding hydrogens is 94.1 g/mol. The Morgan fingerprint density at radius 2 is 2.83 bits per heavy atom. The molecule has 0 radical (unpaired) electrons. The van der Waals surface area contributed by atoms with E-state index >= 15 is 0 Å². The Hall–Kier alpha value is -0.370. The molecule has 0 amide bonds. The zero-order valence-electron chi connectivity index (χ0n) is 3.43. The van der Waals surface area contributed by atoms with Gasteiger partial charge < -0.3 is 16.3 Å². The smallest absolute Gasteiger partial charge is 0.0628 e. The Bertz CT molecular complexity index is 111. The number of nitrogens with zero attached hydrogens (tertiary/aromatic N) is 1. The molecule has 0 spiro atoms. The lowest BCUT2D eigenvalue weighted by Gasteiger charge is -1.79. The van der Waals surface area contributed by atoms with Crippen molar-refractivity contribution >= 4 is 11.3 Å². The molecule has 0 saturated carbocycles. The zero-order valence-corrected chi connectivity index (χ0v) is 4.25. The molecule has 0 N–H and O–H groups in total. The van der Waals surface area contributed by atoms with Crippen LogP contribution in [0.4, 0.5) is 0 Å². The second kappa shape index (κ2) is 1.39. The van der Waals surface area contributed by atoms with Gasteiger partial charge in [0.25, 0.3) is 0 Å². The first-order valence-electron chi connectivity index (χ1n) is 1.68. The maximum absolute atomic E-state index is 3.88. The minimum atomic E-state index is 1.08. The molecule has 0 bridgehead atoms. The Morgan fingerprint density at radius 1 is 2.00 bits per heavy atom. The van der Waals surface area contributed by atoms with Gasteiger partial charge in [-0.2, -0.15) is 5.38 Å². The molecule has 0 atom stereocenters. The first kappa shape index (κ1) is 3.81. The van der Waals surface area contributed by atoms with Gasteiger partial charge in [0.1, 0.15) is 0 Å². The maximum Gasteiger partial charge on any atom is -0.0628 e. The van der Waals surface area contributed by atoms with Crippen LogP contribution in [0.15, 0.2) is 6.20 Å². The number of hydrogen-bond acceptors (Lipinski definition) is 2. The fourth-order valence-electron chi connectivity index (χ4n) is 0.255. The van der Waals surface area contributed by atoms with E-state index in [1.165, 1.54) is 0 Å². The van der Waals surface area contributed by atoms with Gasteiger partial charge in [-0.25, -0.2) is 0 Å². The molecule has 0 aliphatic carbocycles. The summed E-state index contributed by atoms with van der Waals surface area (Å²) in [5.74, 6) is 0. The molecule has 1 heterocycles. The second-order valence-corrected chi connectivity index (χ2v) is 2.03. The predicted molar refractivity (Wildman–Crippen MR) is 25.7 cm³/mol. The van der Waals surface area contributed by atoms with Crippen LogP contribution < -0.4 is 0 Å². The molecule has 0 aliphatic rings. The Kier molecular flexibility index (Phi) is 0.881. The molecule has 32 valence electrons. The van der Waals surface area contributed by atoms with E-state index in [9.17, 15) is 0 Å². The summed E-state index contributed by atoms with van der Waals surface area (Å²) in [6.07, 6.45) is 1.68. The summed E-state index contributed by atoms with van der Waals surface area (Å²) >= 11 is 1.54. The molecule has 1 aromatic rings. The van der Waals surface area contributed by atoms with Crippen molar-refractivity contribution in [3.63, 3.8) is 0 Å². The number of aromatic nitrogens is 1. The average Bonchev–Trinajstić information content (AvgIpc) is 1.86. The Morgan fingerprint density at radius 3 is 3.00 bits per heavy atom. The van der Waals surface area contributed by atoms with E-state index in [4.69, 9.17) is 0 Å². The first-order valence-corrected chi connectivity index (χ1v) is 2.50. The average molecular weight is 98.2 g/mol. The summed E-state index contributed by atoms with van der Waals surface area (Å²) in [5, 5.41) is 3.94. The summed E-state index contributed by atoms with van der Waals surface area (Å²) in [5.41, 5.74) is 0. The quantitative estimate of drug-likeness (QED) is 0.445. The number of rotatable bonds is 0. The van der Waals surface area contributed by atoms with Crippen molar-refractivity contribution < 1.29 is 0 Å². The van der Waals surface area contributed by atoms with Crippen molar-refractivity contribution in [2.45, 2.75) is 6.92 Å². The summed E-state index contributed by atoms with van der Waals surface area (Å²) in [7, 11) is 0. The second-order valence-electron chi connectivity index (χ2n) is 0.997. The standard InChI is InChI=1S/C4H4NS/c1-4-5-2-3-6-4/h2H,1H3/q-1. The summed E-state index contributed by atoms with van der Waals surface area (Å²) in [6.45, 7) is 1.96. The normalized spacial score (nSPS) is 8.83. The molecular formula is C4H4NS-. The highest BCUT2D eigenvalue weighted by Gasteiger charge is 1.61. The van der Waals surface area contributed by atoms with Crippen LogP contribution in [-0.4, -0.2) is 4.98 Å². The maximum atomic E-state index is 3.88. The van der Waals surface area contributed by atoms with Crippen molar-refractivity contribution in [3.05, 3.63) is 16.6 Å². The highest BCUT2D eigenvalue weighted by atomic mass is 32.1. The van der Waals surface area contributed by atoms with E-state index in [0.29, 0.717) is 0 Å². The Balaban J connectivity index is 3.05. The van der Waals surface area contributed by atoms with Gasteiger partial charge in [0.05, 0.1) is 0 Å². The van der Waals surface area contributed by atoms with Crippen LogP contribution in [0.5, 0.6) is 0 Å². The first-order chi connectivity index (χ1) is 2.89. The third-order valence-corrected chi connectivity index (χ3v) is 1.13. The van der Waals surface area contributed by atoms with Gasteiger partial charge in [-0.05, 0) is 0 Å². The summed E-state index contributed by atoms with van der Waals surface area (Å²) in [4.78, 5) is 3.88. The third-order valence-electron chi connectivity index (χ3n) is 0.506. The minimum absolute atomic E-state index is 1.08. The summed E-state index contributed by atoms with van der Waals surface area (Å²) < 4.78 is 0. The van der Waals surface area contributed by atoms with Crippen LogP contribution in [0.25, 0.3) is 0 Å². The third kappa shape index (κ3) is 0.571. The molecule has 0 aromatic carbocycles. The molecule has 0 saturated heterocycles. The van der Waals surface area contributed by atoms with E-state index in [1.807, 2.05) is 6.92 Å². The topological polar surface area (TPSA) is 12.9 Å². The lowest BCUT2D eigenvalue weighted by atomic mass is 10.8. The van der Waals surface area contributed by atoms with Crippen molar-refractivity contribution in [2.24, 2.45) is 0 Å². The number of hydrogen-bond donors (Lipinski definition) is 0. The molecule has 0 aliphatic heterocycles. The van der Waals surface area contributed by atoms with Gasteiger partial charge in [-0.3, -0.25) is 0 Å². The van der Waals surface area contributed by atoms with Gasteiger partial charge >= 0.3 is 0 Å². The van der Waals surface area contributed by atoms with Crippen molar-refractivity contribution in [3.8, 4) is 0 Å². The van der Waals surface area contributed by atoms with Crippen LogP contribution in [0.1, 0.15) is 5.01 Å². The largest absolute Gasteiger partial charge is 0.365 e. The van der Waals surface area contributed by atoms with Gasteiger partial charge in [-0.1, -0.05) is 18.1 Å². The van der Waals surface area contributed by atoms with E-state index in [1.54, 1.807) is 17.5 Å². The highest BCUT2D eigenvalue weighted by Crippen LogP contribution is 1.97. The highest BCUT2D eigenvalue weighted by molar-refractivity contribution is 7.08. The van der Waals surface area contributed by atoms with Gasteiger partial charge in [-0.15, -0.1) is 0 Å². The number of thiazole rings is 1. The van der Waals surface area contributed by atoms with E-state index in [0.717, 1.165) is 5.01 Å². The molecule has 1 aromatic heterocycles. The Labute approximate surface area is 40.7 Å². The predicted octanol–water partition coefficient (Wildman–Crippen LogP) is 1.25. The van der Waals surface area contributed by atoms with Crippen molar-refractivity contribution in [1.82, 2.24) is 4.98 Å². The van der Waals surface area contributed by atoms with Gasteiger partial charge in [0.2, 0.25) is 0 Å². The monoisotopic (exact) mass is 98.0 g/mol. The van der Waals surface area contributed by atoms with Gasteiger partial charge in [0.15, 0.2) is 0 Å². The molecule has 0 unspecified atom stereocenters. The van der Waals surface area contributed by atoms with Crippen LogP contribution in [0.3, 0.4) is 0 Å².